The van der Waals surface area contributed by atoms with Crippen molar-refractivity contribution in [2.45, 2.75) is 19.8 Å². The van der Waals surface area contributed by atoms with Crippen molar-refractivity contribution in [2.24, 2.45) is 4.99 Å². The van der Waals surface area contributed by atoms with Crippen molar-refractivity contribution >= 4 is 5.96 Å². The molecule has 7 heteroatoms. The molecule has 0 bridgehead atoms. The molecule has 1 aromatic carbocycles. The normalized spacial score (nSPS) is 13.3. The third-order valence-corrected chi connectivity index (χ3v) is 4.13. The number of nitrogens with one attached hydrogen (secondary N) is 2. The summed E-state index contributed by atoms with van der Waals surface area (Å²) in [6.07, 6.45) is 1.95. The fraction of sp³-hybridized carbons (Fsp3) is 0.632. The minimum absolute atomic E-state index is 0.314. The van der Waals surface area contributed by atoms with Crippen LogP contribution in [0.2, 0.25) is 0 Å². The average Bonchev–Trinajstić information content (AvgIpc) is 3.10. The molecule has 0 unspecified atom stereocenters. The van der Waals surface area contributed by atoms with E-state index in [0.717, 1.165) is 69.6 Å². The Bertz CT molecular complexity index is 566. The van der Waals surface area contributed by atoms with Gasteiger partial charge in [-0.3, -0.25) is 4.99 Å². The van der Waals surface area contributed by atoms with Crippen molar-refractivity contribution < 1.29 is 14.2 Å². The Morgan fingerprint density at radius 1 is 1.23 bits per heavy atom. The van der Waals surface area contributed by atoms with Gasteiger partial charge in [-0.25, -0.2) is 0 Å². The summed E-state index contributed by atoms with van der Waals surface area (Å²) in [4.78, 5) is 6.92. The molecule has 0 saturated carbocycles. The van der Waals surface area contributed by atoms with E-state index in [1.807, 2.05) is 12.1 Å². The number of hydrogen-bond donors (Lipinski definition) is 2. The second kappa shape index (κ2) is 11.6. The third kappa shape index (κ3) is 7.09. The number of fused-ring (bicyclic) bond motifs is 1. The highest BCUT2D eigenvalue weighted by molar-refractivity contribution is 5.79. The van der Waals surface area contributed by atoms with Gasteiger partial charge in [0.1, 0.15) is 0 Å². The molecule has 0 spiro atoms. The topological polar surface area (TPSA) is 67.4 Å². The monoisotopic (exact) mass is 364 g/mol. The molecule has 7 nitrogen and oxygen atoms in total. The van der Waals surface area contributed by atoms with Crippen LogP contribution in [0.5, 0.6) is 11.5 Å². The number of likely N-dealkylation sites (N-methyl/N-ethyl adjacent to an activating group) is 1. The molecule has 2 N–H and O–H groups in total. The van der Waals surface area contributed by atoms with E-state index in [-0.39, 0.29) is 0 Å². The highest BCUT2D eigenvalue weighted by Gasteiger charge is 2.12. The van der Waals surface area contributed by atoms with Gasteiger partial charge in [-0.2, -0.15) is 0 Å². The Morgan fingerprint density at radius 2 is 2.08 bits per heavy atom. The molecular formula is C19H32N4O3. The van der Waals surface area contributed by atoms with E-state index in [1.54, 1.807) is 7.11 Å². The van der Waals surface area contributed by atoms with E-state index in [9.17, 15) is 0 Å². The van der Waals surface area contributed by atoms with E-state index in [2.05, 4.69) is 40.6 Å². The van der Waals surface area contributed by atoms with Crippen LogP contribution in [0.1, 0.15) is 18.9 Å². The average molecular weight is 364 g/mol. The maximum absolute atomic E-state index is 5.42. The zero-order valence-electron chi connectivity index (χ0n) is 16.2. The predicted molar refractivity (Wildman–Crippen MR) is 104 cm³/mol. The summed E-state index contributed by atoms with van der Waals surface area (Å²) in [5.74, 6) is 2.52. The molecule has 0 radical (unpaired) electrons. The van der Waals surface area contributed by atoms with Crippen LogP contribution in [-0.4, -0.2) is 71.1 Å². The maximum atomic E-state index is 5.42. The van der Waals surface area contributed by atoms with Crippen molar-refractivity contribution in [1.29, 1.82) is 0 Å². The molecule has 146 valence electrons. The van der Waals surface area contributed by atoms with Crippen LogP contribution >= 0.6 is 0 Å². The van der Waals surface area contributed by atoms with Crippen LogP contribution in [0.15, 0.2) is 23.2 Å². The second-order valence-corrected chi connectivity index (χ2v) is 6.27. The first kappa shape index (κ1) is 20.3. The number of rotatable bonds is 11. The SMILES string of the molecule is CCNC(=NCCN(C)CCCOC)NCCc1ccc2c(c1)OCO2. The molecule has 0 aromatic heterocycles. The summed E-state index contributed by atoms with van der Waals surface area (Å²) >= 11 is 0. The van der Waals surface area contributed by atoms with Crippen LogP contribution in [0, 0.1) is 0 Å². The van der Waals surface area contributed by atoms with Gasteiger partial charge >= 0.3 is 0 Å². The van der Waals surface area contributed by atoms with Crippen LogP contribution in [0.4, 0.5) is 0 Å². The fourth-order valence-corrected chi connectivity index (χ4v) is 2.69. The second-order valence-electron chi connectivity index (χ2n) is 6.27. The zero-order valence-corrected chi connectivity index (χ0v) is 16.2. The van der Waals surface area contributed by atoms with Gasteiger partial charge in [-0.05, 0) is 44.5 Å². The van der Waals surface area contributed by atoms with E-state index >= 15 is 0 Å². The molecule has 2 rings (SSSR count). The molecule has 0 fully saturated rings. The molecule has 1 aliphatic heterocycles. The lowest BCUT2D eigenvalue weighted by Gasteiger charge is -2.16. The molecule has 0 aliphatic carbocycles. The summed E-state index contributed by atoms with van der Waals surface area (Å²) in [6.45, 7) is 7.58. The lowest BCUT2D eigenvalue weighted by atomic mass is 10.1. The van der Waals surface area contributed by atoms with Crippen LogP contribution in [-0.2, 0) is 11.2 Å². The number of methoxy groups -OCH3 is 1. The Labute approximate surface area is 156 Å². The van der Waals surface area contributed by atoms with Crippen molar-refractivity contribution in [1.82, 2.24) is 15.5 Å². The summed E-state index contributed by atoms with van der Waals surface area (Å²) in [5.41, 5.74) is 1.22. The highest BCUT2D eigenvalue weighted by atomic mass is 16.7. The van der Waals surface area contributed by atoms with Crippen LogP contribution < -0.4 is 20.1 Å². The lowest BCUT2D eigenvalue weighted by molar-refractivity contribution is 0.174. The van der Waals surface area contributed by atoms with E-state index in [4.69, 9.17) is 14.2 Å². The van der Waals surface area contributed by atoms with Gasteiger partial charge in [0.2, 0.25) is 6.79 Å². The maximum Gasteiger partial charge on any atom is 0.231 e. The first-order valence-electron chi connectivity index (χ1n) is 9.31. The van der Waals surface area contributed by atoms with Gasteiger partial charge in [0, 0.05) is 39.9 Å². The van der Waals surface area contributed by atoms with E-state index in [1.165, 1.54) is 5.56 Å². The lowest BCUT2D eigenvalue weighted by Crippen LogP contribution is -2.39. The molecular weight excluding hydrogens is 332 g/mol. The minimum Gasteiger partial charge on any atom is -0.454 e. The first-order chi connectivity index (χ1) is 12.7. The van der Waals surface area contributed by atoms with Crippen LogP contribution in [0.25, 0.3) is 0 Å². The number of nitrogens with zero attached hydrogens (tertiary/aromatic N) is 2. The number of guanidine groups is 1. The Balaban J connectivity index is 1.71. The van der Waals surface area contributed by atoms with Crippen molar-refractivity contribution in [3.05, 3.63) is 23.8 Å². The first-order valence-corrected chi connectivity index (χ1v) is 9.31. The van der Waals surface area contributed by atoms with Gasteiger partial charge in [-0.15, -0.1) is 0 Å². The Morgan fingerprint density at radius 3 is 2.88 bits per heavy atom. The standard InChI is InChI=1S/C19H32N4O3/c1-4-20-19(22-10-12-23(2)11-5-13-24-3)21-9-8-16-6-7-17-18(14-16)26-15-25-17/h6-7,14H,4-5,8-13,15H2,1-3H3,(H2,20,21,22). The third-order valence-electron chi connectivity index (χ3n) is 4.13. The molecule has 1 heterocycles. The van der Waals surface area contributed by atoms with Gasteiger partial charge < -0.3 is 29.7 Å². The van der Waals surface area contributed by atoms with Gasteiger partial charge in [0.25, 0.3) is 0 Å². The molecule has 0 atom stereocenters. The van der Waals surface area contributed by atoms with Gasteiger partial charge in [0.15, 0.2) is 17.5 Å². The van der Waals surface area contributed by atoms with Crippen LogP contribution in [0.3, 0.4) is 0 Å². The number of hydrogen-bond acceptors (Lipinski definition) is 5. The largest absolute Gasteiger partial charge is 0.454 e. The number of ether oxygens (including phenoxy) is 3. The van der Waals surface area contributed by atoms with E-state index in [0.29, 0.717) is 6.79 Å². The van der Waals surface area contributed by atoms with Crippen molar-refractivity contribution in [2.75, 3.05) is 60.3 Å². The summed E-state index contributed by atoms with van der Waals surface area (Å²) in [6, 6.07) is 6.09. The Kier molecular flexibility index (Phi) is 9.06. The van der Waals surface area contributed by atoms with E-state index < -0.39 is 0 Å². The molecule has 1 aliphatic rings. The van der Waals surface area contributed by atoms with Gasteiger partial charge in [-0.1, -0.05) is 6.07 Å². The summed E-state index contributed by atoms with van der Waals surface area (Å²) in [7, 11) is 3.85. The summed E-state index contributed by atoms with van der Waals surface area (Å²) < 4.78 is 15.9. The molecule has 0 amide bonds. The zero-order chi connectivity index (χ0) is 18.6. The summed E-state index contributed by atoms with van der Waals surface area (Å²) in [5, 5.41) is 6.68. The van der Waals surface area contributed by atoms with Crippen molar-refractivity contribution in [3.8, 4) is 11.5 Å². The Hall–Kier alpha value is -1.99. The minimum atomic E-state index is 0.314. The fourth-order valence-electron chi connectivity index (χ4n) is 2.69. The molecule has 26 heavy (non-hydrogen) atoms. The quantitative estimate of drug-likeness (QED) is 0.352. The number of aliphatic imine (C=N–C) groups is 1. The van der Waals surface area contributed by atoms with Gasteiger partial charge in [0.05, 0.1) is 6.54 Å². The highest BCUT2D eigenvalue weighted by Crippen LogP contribution is 2.32. The predicted octanol–water partition coefficient (Wildman–Crippen LogP) is 1.48. The molecule has 0 saturated heterocycles. The van der Waals surface area contributed by atoms with Crippen molar-refractivity contribution in [3.63, 3.8) is 0 Å². The molecule has 1 aromatic rings. The smallest absolute Gasteiger partial charge is 0.231 e. The number of benzene rings is 1.